The fourth-order valence-corrected chi connectivity index (χ4v) is 4.43. The number of ether oxygens (including phenoxy) is 2. The second kappa shape index (κ2) is 9.88. The Balaban J connectivity index is 1.87. The Hall–Kier alpha value is -3.08. The molecule has 1 aromatic carbocycles. The summed E-state index contributed by atoms with van der Waals surface area (Å²) < 4.78 is 54.2. The van der Waals surface area contributed by atoms with E-state index in [1.165, 1.54) is 16.8 Å². The number of hydrogen-bond acceptors (Lipinski definition) is 6. The lowest BCUT2D eigenvalue weighted by Crippen LogP contribution is -2.31. The van der Waals surface area contributed by atoms with E-state index in [0.29, 0.717) is 10.8 Å². The minimum Gasteiger partial charge on any atom is -0.480 e. The van der Waals surface area contributed by atoms with Gasteiger partial charge in [-0.05, 0) is 56.5 Å². The molecule has 1 fully saturated rings. The summed E-state index contributed by atoms with van der Waals surface area (Å²) in [5, 5.41) is 14.5. The van der Waals surface area contributed by atoms with Crippen molar-refractivity contribution in [1.82, 2.24) is 19.3 Å². The maximum atomic E-state index is 13.4. The van der Waals surface area contributed by atoms with Gasteiger partial charge in [-0.3, -0.25) is 4.57 Å². The van der Waals surface area contributed by atoms with E-state index in [9.17, 15) is 23.1 Å². The van der Waals surface area contributed by atoms with Crippen LogP contribution in [0.25, 0.3) is 16.5 Å². The van der Waals surface area contributed by atoms with Crippen molar-refractivity contribution in [2.75, 3.05) is 0 Å². The van der Waals surface area contributed by atoms with Gasteiger partial charge < -0.3 is 14.6 Å². The quantitative estimate of drug-likeness (QED) is 0.524. The van der Waals surface area contributed by atoms with Crippen LogP contribution in [0.15, 0.2) is 29.2 Å². The standard InChI is InChI=1S/C24H29F3N4O4/c1-4-30-20(13-32)29-31(23(30)33)17-11-16-9-10-28-22(35-18-8-6-5-7-14(18)2)21(16)19(12-17)34-15(3)24(25,26)27/h9-12,14-15,18,32H,4-8,13H2,1-3H3/t14?,15-,18+/m0/s1. The van der Waals surface area contributed by atoms with Crippen molar-refractivity contribution in [3.63, 3.8) is 0 Å². The Morgan fingerprint density at radius 3 is 2.63 bits per heavy atom. The van der Waals surface area contributed by atoms with Crippen LogP contribution >= 0.6 is 0 Å². The number of alkyl halides is 3. The summed E-state index contributed by atoms with van der Waals surface area (Å²) in [6.45, 7) is 4.55. The van der Waals surface area contributed by atoms with Gasteiger partial charge in [0.1, 0.15) is 18.5 Å². The molecule has 0 radical (unpaired) electrons. The van der Waals surface area contributed by atoms with Gasteiger partial charge in [-0.2, -0.15) is 17.9 Å². The van der Waals surface area contributed by atoms with Crippen molar-refractivity contribution in [2.45, 2.75) is 78.0 Å². The third kappa shape index (κ3) is 5.00. The first-order chi connectivity index (χ1) is 16.6. The molecule has 190 valence electrons. The van der Waals surface area contributed by atoms with E-state index in [0.717, 1.165) is 37.3 Å². The van der Waals surface area contributed by atoms with E-state index in [4.69, 9.17) is 9.47 Å². The number of nitrogens with zero attached hydrogens (tertiary/aromatic N) is 4. The summed E-state index contributed by atoms with van der Waals surface area (Å²) >= 11 is 0. The highest BCUT2D eigenvalue weighted by Crippen LogP contribution is 2.39. The number of pyridine rings is 1. The normalized spacial score (nSPS) is 19.6. The maximum Gasteiger partial charge on any atom is 0.425 e. The van der Waals surface area contributed by atoms with Crippen molar-refractivity contribution >= 4 is 10.8 Å². The van der Waals surface area contributed by atoms with Crippen LogP contribution in [-0.2, 0) is 13.2 Å². The number of benzene rings is 1. The molecular weight excluding hydrogens is 465 g/mol. The highest BCUT2D eigenvalue weighted by molar-refractivity contribution is 5.94. The van der Waals surface area contributed by atoms with Crippen LogP contribution in [0.4, 0.5) is 13.2 Å². The predicted molar refractivity (Wildman–Crippen MR) is 123 cm³/mol. The van der Waals surface area contributed by atoms with Crippen LogP contribution in [0.5, 0.6) is 11.6 Å². The average molecular weight is 495 g/mol. The number of hydrogen-bond donors (Lipinski definition) is 1. The van der Waals surface area contributed by atoms with Crippen molar-refractivity contribution in [1.29, 1.82) is 0 Å². The van der Waals surface area contributed by atoms with Gasteiger partial charge in [-0.25, -0.2) is 9.78 Å². The number of aliphatic hydroxyl groups is 1. The van der Waals surface area contributed by atoms with Gasteiger partial charge in [-0.1, -0.05) is 13.3 Å². The first-order valence-corrected chi connectivity index (χ1v) is 11.8. The molecule has 1 unspecified atom stereocenters. The highest BCUT2D eigenvalue weighted by atomic mass is 19.4. The fourth-order valence-electron chi connectivity index (χ4n) is 4.43. The predicted octanol–water partition coefficient (Wildman–Crippen LogP) is 4.38. The molecule has 1 N–H and O–H groups in total. The molecule has 11 heteroatoms. The molecule has 0 aliphatic heterocycles. The van der Waals surface area contributed by atoms with Crippen molar-refractivity contribution in [3.05, 3.63) is 40.7 Å². The summed E-state index contributed by atoms with van der Waals surface area (Å²) in [5.74, 6) is 0.512. The van der Waals surface area contributed by atoms with Crippen LogP contribution in [0.3, 0.4) is 0 Å². The number of aromatic nitrogens is 4. The minimum absolute atomic E-state index is 0.107. The van der Waals surface area contributed by atoms with Crippen molar-refractivity contribution < 1.29 is 27.8 Å². The van der Waals surface area contributed by atoms with Crippen LogP contribution < -0.4 is 15.2 Å². The van der Waals surface area contributed by atoms with Gasteiger partial charge in [0.25, 0.3) is 0 Å². The number of aliphatic hydroxyl groups excluding tert-OH is 1. The molecule has 0 spiro atoms. The Morgan fingerprint density at radius 2 is 2.00 bits per heavy atom. The third-order valence-electron chi connectivity index (χ3n) is 6.48. The molecule has 4 rings (SSSR count). The van der Waals surface area contributed by atoms with E-state index in [2.05, 4.69) is 17.0 Å². The van der Waals surface area contributed by atoms with E-state index >= 15 is 0 Å². The molecule has 2 aromatic heterocycles. The zero-order valence-electron chi connectivity index (χ0n) is 19.9. The average Bonchev–Trinajstić information content (AvgIpc) is 3.15. The highest BCUT2D eigenvalue weighted by Gasteiger charge is 2.38. The van der Waals surface area contributed by atoms with E-state index in [1.807, 2.05) is 0 Å². The van der Waals surface area contributed by atoms with Gasteiger partial charge in [0.15, 0.2) is 11.9 Å². The summed E-state index contributed by atoms with van der Waals surface area (Å²) in [5.41, 5.74) is -0.316. The largest absolute Gasteiger partial charge is 0.480 e. The van der Waals surface area contributed by atoms with Crippen LogP contribution in [0.2, 0.25) is 0 Å². The molecule has 3 atom stereocenters. The molecule has 1 aliphatic rings. The Kier molecular flexibility index (Phi) is 7.07. The Bertz CT molecular complexity index is 1250. The molecular formula is C24H29F3N4O4. The molecule has 3 aromatic rings. The summed E-state index contributed by atoms with van der Waals surface area (Å²) in [6, 6.07) is 4.57. The molecule has 2 heterocycles. The lowest BCUT2D eigenvalue weighted by atomic mass is 9.88. The third-order valence-corrected chi connectivity index (χ3v) is 6.48. The second-order valence-electron chi connectivity index (χ2n) is 8.89. The van der Waals surface area contributed by atoms with Gasteiger partial charge in [0.05, 0.1) is 11.1 Å². The number of halogens is 3. The minimum atomic E-state index is -4.60. The first-order valence-electron chi connectivity index (χ1n) is 11.8. The van der Waals surface area contributed by atoms with Gasteiger partial charge in [0, 0.05) is 18.8 Å². The fraction of sp³-hybridized carbons (Fsp3) is 0.542. The topological polar surface area (TPSA) is 91.4 Å². The van der Waals surface area contributed by atoms with E-state index < -0.39 is 24.6 Å². The van der Waals surface area contributed by atoms with Crippen LogP contribution in [0.1, 0.15) is 52.3 Å². The maximum absolute atomic E-state index is 13.4. The zero-order chi connectivity index (χ0) is 25.3. The Morgan fingerprint density at radius 1 is 1.26 bits per heavy atom. The molecule has 8 nitrogen and oxygen atoms in total. The lowest BCUT2D eigenvalue weighted by molar-refractivity contribution is -0.189. The SMILES string of the molecule is CCn1c(CO)nn(-c2cc(O[C@@H](C)C(F)(F)F)c3c(O[C@@H]4CCCCC4C)nccc3c2)c1=O. The van der Waals surface area contributed by atoms with Gasteiger partial charge >= 0.3 is 11.9 Å². The number of rotatable bonds is 7. The van der Waals surface area contributed by atoms with Crippen LogP contribution in [-0.4, -0.2) is 42.8 Å². The lowest BCUT2D eigenvalue weighted by Gasteiger charge is -2.29. The summed E-state index contributed by atoms with van der Waals surface area (Å²) in [7, 11) is 0. The summed E-state index contributed by atoms with van der Waals surface area (Å²) in [6.07, 6.45) is -1.35. The van der Waals surface area contributed by atoms with E-state index in [-0.39, 0.29) is 41.7 Å². The van der Waals surface area contributed by atoms with Crippen LogP contribution in [0, 0.1) is 5.92 Å². The van der Waals surface area contributed by atoms with Crippen molar-refractivity contribution in [2.24, 2.45) is 5.92 Å². The Labute approximate surface area is 200 Å². The molecule has 0 saturated heterocycles. The molecule has 0 amide bonds. The molecule has 0 bridgehead atoms. The monoisotopic (exact) mass is 494 g/mol. The molecule has 1 saturated carbocycles. The molecule has 35 heavy (non-hydrogen) atoms. The number of fused-ring (bicyclic) bond motifs is 1. The smallest absolute Gasteiger partial charge is 0.425 e. The summed E-state index contributed by atoms with van der Waals surface area (Å²) in [4.78, 5) is 17.2. The first kappa shape index (κ1) is 25.0. The zero-order valence-corrected chi connectivity index (χ0v) is 19.9. The van der Waals surface area contributed by atoms with Crippen molar-refractivity contribution in [3.8, 4) is 17.3 Å². The van der Waals surface area contributed by atoms with Gasteiger partial charge in [-0.15, -0.1) is 5.10 Å². The molecule has 1 aliphatic carbocycles. The second-order valence-corrected chi connectivity index (χ2v) is 8.89. The van der Waals surface area contributed by atoms with E-state index in [1.54, 1.807) is 19.1 Å². The van der Waals surface area contributed by atoms with Gasteiger partial charge in [0.2, 0.25) is 5.88 Å².